The number of nitrogens with one attached hydrogen (secondary N) is 1. The van der Waals surface area contributed by atoms with Crippen LogP contribution in [0.3, 0.4) is 0 Å². The first kappa shape index (κ1) is 16.3. The van der Waals surface area contributed by atoms with E-state index < -0.39 is 5.91 Å². The standard InChI is InChI=1S/C17H15N5O3/c1-24-13-7-12(8-14(9-13)25-2)11-3-4-15-19-17(21-22(15)10-11)20-16(23)5-6-18/h3-4,7-10H,5H2,1-2H3,(H,20,21,23). The topological polar surface area (TPSA) is 102 Å². The molecule has 0 fully saturated rings. The highest BCUT2D eigenvalue weighted by Crippen LogP contribution is 2.29. The molecule has 0 aliphatic carbocycles. The lowest BCUT2D eigenvalue weighted by molar-refractivity contribution is -0.115. The van der Waals surface area contributed by atoms with E-state index in [-0.39, 0.29) is 12.4 Å². The summed E-state index contributed by atoms with van der Waals surface area (Å²) in [7, 11) is 3.19. The van der Waals surface area contributed by atoms with Crippen LogP contribution in [0.1, 0.15) is 6.42 Å². The van der Waals surface area contributed by atoms with Crippen LogP contribution in [0.2, 0.25) is 0 Å². The van der Waals surface area contributed by atoms with Crippen molar-refractivity contribution in [3.63, 3.8) is 0 Å². The molecule has 1 N–H and O–H groups in total. The molecule has 1 amide bonds. The van der Waals surface area contributed by atoms with E-state index >= 15 is 0 Å². The summed E-state index contributed by atoms with van der Waals surface area (Å²) in [4.78, 5) is 15.7. The van der Waals surface area contributed by atoms with Gasteiger partial charge in [0.25, 0.3) is 0 Å². The minimum absolute atomic E-state index is 0.153. The summed E-state index contributed by atoms with van der Waals surface area (Å²) in [5.41, 5.74) is 2.35. The lowest BCUT2D eigenvalue weighted by atomic mass is 10.1. The quantitative estimate of drug-likeness (QED) is 0.766. The molecule has 8 nitrogen and oxygen atoms in total. The Hall–Kier alpha value is -3.60. The van der Waals surface area contributed by atoms with Gasteiger partial charge in [0.1, 0.15) is 17.9 Å². The Morgan fingerprint density at radius 1 is 1.20 bits per heavy atom. The molecule has 0 saturated heterocycles. The molecule has 2 aromatic heterocycles. The summed E-state index contributed by atoms with van der Waals surface area (Å²) < 4.78 is 12.1. The molecular formula is C17H15N5O3. The van der Waals surface area contributed by atoms with E-state index in [1.165, 1.54) is 0 Å². The van der Waals surface area contributed by atoms with Gasteiger partial charge in [0.2, 0.25) is 11.9 Å². The number of nitriles is 1. The number of methoxy groups -OCH3 is 2. The number of rotatable bonds is 5. The van der Waals surface area contributed by atoms with Crippen molar-refractivity contribution < 1.29 is 14.3 Å². The maximum Gasteiger partial charge on any atom is 0.249 e. The van der Waals surface area contributed by atoms with Gasteiger partial charge < -0.3 is 9.47 Å². The number of amides is 1. The van der Waals surface area contributed by atoms with E-state index in [4.69, 9.17) is 14.7 Å². The highest BCUT2D eigenvalue weighted by molar-refractivity contribution is 5.90. The van der Waals surface area contributed by atoms with Gasteiger partial charge in [0.05, 0.1) is 20.3 Å². The van der Waals surface area contributed by atoms with Gasteiger partial charge >= 0.3 is 0 Å². The summed E-state index contributed by atoms with van der Waals surface area (Å²) in [5, 5.41) is 15.2. The Morgan fingerprint density at radius 2 is 1.92 bits per heavy atom. The molecule has 0 aliphatic rings. The van der Waals surface area contributed by atoms with E-state index in [1.54, 1.807) is 43.1 Å². The highest BCUT2D eigenvalue weighted by Gasteiger charge is 2.10. The highest BCUT2D eigenvalue weighted by atomic mass is 16.5. The van der Waals surface area contributed by atoms with Crippen LogP contribution in [0, 0.1) is 11.3 Å². The molecule has 0 atom stereocenters. The number of nitrogens with zero attached hydrogens (tertiary/aromatic N) is 4. The van der Waals surface area contributed by atoms with Crippen LogP contribution in [-0.4, -0.2) is 34.7 Å². The normalized spacial score (nSPS) is 10.3. The second kappa shape index (κ2) is 6.88. The molecule has 3 aromatic rings. The van der Waals surface area contributed by atoms with Gasteiger partial charge in [-0.15, -0.1) is 5.10 Å². The van der Waals surface area contributed by atoms with Crippen LogP contribution in [0.4, 0.5) is 5.95 Å². The molecule has 25 heavy (non-hydrogen) atoms. The summed E-state index contributed by atoms with van der Waals surface area (Å²) in [6.45, 7) is 0. The summed E-state index contributed by atoms with van der Waals surface area (Å²) in [5.74, 6) is 1.06. The Kier molecular flexibility index (Phi) is 4.48. The number of hydrogen-bond acceptors (Lipinski definition) is 6. The van der Waals surface area contributed by atoms with Crippen molar-refractivity contribution in [1.82, 2.24) is 14.6 Å². The molecule has 0 saturated carbocycles. The van der Waals surface area contributed by atoms with E-state index in [0.29, 0.717) is 17.1 Å². The number of ether oxygens (including phenoxy) is 2. The van der Waals surface area contributed by atoms with Gasteiger partial charge in [-0.25, -0.2) is 4.52 Å². The maximum atomic E-state index is 11.5. The number of carbonyl (C=O) groups is 1. The molecule has 0 bridgehead atoms. The lowest BCUT2D eigenvalue weighted by Gasteiger charge is -2.08. The second-order valence-corrected chi connectivity index (χ2v) is 5.14. The van der Waals surface area contributed by atoms with Crippen LogP contribution in [0.5, 0.6) is 11.5 Å². The van der Waals surface area contributed by atoms with Crippen molar-refractivity contribution in [2.75, 3.05) is 19.5 Å². The summed E-state index contributed by atoms with van der Waals surface area (Å²) >= 11 is 0. The molecule has 126 valence electrons. The first-order valence-electron chi connectivity index (χ1n) is 7.39. The zero-order valence-electron chi connectivity index (χ0n) is 13.7. The van der Waals surface area contributed by atoms with Gasteiger partial charge in [-0.05, 0) is 29.8 Å². The molecule has 2 heterocycles. The SMILES string of the molecule is COc1cc(OC)cc(-c2ccc3nc(NC(=O)CC#N)nn3c2)c1. The molecule has 8 heteroatoms. The average molecular weight is 337 g/mol. The van der Waals surface area contributed by atoms with E-state index in [0.717, 1.165) is 11.1 Å². The van der Waals surface area contributed by atoms with E-state index in [9.17, 15) is 4.79 Å². The fourth-order valence-electron chi connectivity index (χ4n) is 2.32. The fraction of sp³-hybridized carbons (Fsp3) is 0.176. The average Bonchev–Trinajstić information content (AvgIpc) is 3.02. The molecule has 0 unspecified atom stereocenters. The van der Waals surface area contributed by atoms with Gasteiger partial charge in [-0.1, -0.05) is 0 Å². The Bertz CT molecular complexity index is 952. The summed E-state index contributed by atoms with van der Waals surface area (Å²) in [6.07, 6.45) is 1.54. The second-order valence-electron chi connectivity index (χ2n) is 5.14. The molecule has 0 spiro atoms. The van der Waals surface area contributed by atoms with Crippen molar-refractivity contribution >= 4 is 17.5 Å². The van der Waals surface area contributed by atoms with Crippen molar-refractivity contribution in [3.05, 3.63) is 36.5 Å². The number of hydrogen-bond donors (Lipinski definition) is 1. The van der Waals surface area contributed by atoms with Crippen LogP contribution in [-0.2, 0) is 4.79 Å². The van der Waals surface area contributed by atoms with Gasteiger partial charge in [-0.2, -0.15) is 10.2 Å². The summed E-state index contributed by atoms with van der Waals surface area (Å²) in [6, 6.07) is 11.0. The third kappa shape index (κ3) is 3.50. The number of fused-ring (bicyclic) bond motifs is 1. The number of benzene rings is 1. The minimum atomic E-state index is -0.448. The zero-order chi connectivity index (χ0) is 17.8. The smallest absolute Gasteiger partial charge is 0.249 e. The van der Waals surface area contributed by atoms with E-state index in [2.05, 4.69) is 15.4 Å². The first-order chi connectivity index (χ1) is 12.1. The van der Waals surface area contributed by atoms with Crippen LogP contribution >= 0.6 is 0 Å². The van der Waals surface area contributed by atoms with Crippen molar-refractivity contribution in [2.24, 2.45) is 0 Å². The molecule has 1 aromatic carbocycles. The molecule has 0 radical (unpaired) electrons. The largest absolute Gasteiger partial charge is 0.497 e. The van der Waals surface area contributed by atoms with Crippen LogP contribution in [0.25, 0.3) is 16.8 Å². The number of pyridine rings is 1. The minimum Gasteiger partial charge on any atom is -0.497 e. The zero-order valence-corrected chi connectivity index (χ0v) is 13.7. The van der Waals surface area contributed by atoms with Crippen LogP contribution in [0.15, 0.2) is 36.5 Å². The first-order valence-corrected chi connectivity index (χ1v) is 7.39. The molecule has 3 rings (SSSR count). The Morgan fingerprint density at radius 3 is 2.56 bits per heavy atom. The fourth-order valence-corrected chi connectivity index (χ4v) is 2.32. The Labute approximate surface area is 143 Å². The van der Waals surface area contributed by atoms with Crippen molar-refractivity contribution in [1.29, 1.82) is 5.26 Å². The number of anilines is 1. The van der Waals surface area contributed by atoms with Crippen molar-refractivity contribution in [3.8, 4) is 28.7 Å². The molecule has 0 aliphatic heterocycles. The third-order valence-corrected chi connectivity index (χ3v) is 3.51. The van der Waals surface area contributed by atoms with Gasteiger partial charge in [0, 0.05) is 17.8 Å². The van der Waals surface area contributed by atoms with E-state index in [1.807, 2.05) is 18.2 Å². The monoisotopic (exact) mass is 337 g/mol. The lowest BCUT2D eigenvalue weighted by Crippen LogP contribution is -2.11. The Balaban J connectivity index is 1.96. The predicted molar refractivity (Wildman–Crippen MR) is 90.4 cm³/mol. The number of aromatic nitrogens is 3. The van der Waals surface area contributed by atoms with Crippen molar-refractivity contribution in [2.45, 2.75) is 6.42 Å². The predicted octanol–water partition coefficient (Wildman–Crippen LogP) is 2.27. The maximum absolute atomic E-state index is 11.5. The molecular weight excluding hydrogens is 322 g/mol. The van der Waals surface area contributed by atoms with Gasteiger partial charge in [0.15, 0.2) is 5.65 Å². The third-order valence-electron chi connectivity index (χ3n) is 3.51. The van der Waals surface area contributed by atoms with Crippen LogP contribution < -0.4 is 14.8 Å². The number of carbonyl (C=O) groups excluding carboxylic acids is 1. The van der Waals surface area contributed by atoms with Gasteiger partial charge in [-0.3, -0.25) is 10.1 Å².